The van der Waals surface area contributed by atoms with E-state index in [2.05, 4.69) is 21.8 Å². The number of hydrogen-bond donors (Lipinski definition) is 1. The van der Waals surface area contributed by atoms with E-state index in [0.29, 0.717) is 51.4 Å². The number of carbonyl (C=O) groups is 2. The molecule has 0 spiro atoms. The molecule has 0 radical (unpaired) electrons. The lowest BCUT2D eigenvalue weighted by Gasteiger charge is -2.35. The van der Waals surface area contributed by atoms with Gasteiger partial charge in [0.25, 0.3) is 5.91 Å². The Balaban J connectivity index is 1.45. The van der Waals surface area contributed by atoms with Gasteiger partial charge in [-0.3, -0.25) is 9.59 Å². The number of piperazine rings is 1. The quantitative estimate of drug-likeness (QED) is 0.174. The number of ether oxygens (including phenoxy) is 2. The molecule has 2 aliphatic heterocycles. The van der Waals surface area contributed by atoms with Gasteiger partial charge in [0.2, 0.25) is 11.9 Å². The summed E-state index contributed by atoms with van der Waals surface area (Å²) in [7, 11) is 0. The summed E-state index contributed by atoms with van der Waals surface area (Å²) in [5.41, 5.74) is -0.845. The van der Waals surface area contributed by atoms with Crippen LogP contribution in [0, 0.1) is 0 Å². The van der Waals surface area contributed by atoms with Crippen molar-refractivity contribution in [2.75, 3.05) is 37.7 Å². The standard InChI is InChI=1S/C22H26F6N6O4/c1-13(18(22(26,27)28)19(36)32-29-2)37-12-16-4-3-15(38-16)9-17(35)33-5-7-34(8-6-33)20-30-10-14(11-31-20)21(23,24)25/h10-11,15-16H,2-9,12H2,1H3,(H,32,36)/b18-13-/t15-,16-/m1/s1. The van der Waals surface area contributed by atoms with Crippen molar-refractivity contribution < 1.29 is 45.4 Å². The summed E-state index contributed by atoms with van der Waals surface area (Å²) < 4.78 is 88.6. The van der Waals surface area contributed by atoms with Crippen molar-refractivity contribution in [2.45, 2.75) is 50.7 Å². The van der Waals surface area contributed by atoms with Crippen molar-refractivity contribution in [3.63, 3.8) is 0 Å². The zero-order valence-corrected chi connectivity index (χ0v) is 20.3. The lowest BCUT2D eigenvalue weighted by atomic mass is 10.1. The van der Waals surface area contributed by atoms with E-state index in [0.717, 1.165) is 6.92 Å². The van der Waals surface area contributed by atoms with Crippen LogP contribution in [0.15, 0.2) is 28.8 Å². The summed E-state index contributed by atoms with van der Waals surface area (Å²) in [6.45, 7) is 4.99. The molecule has 2 atom stereocenters. The number of rotatable bonds is 8. The first kappa shape index (κ1) is 29.1. The fourth-order valence-corrected chi connectivity index (χ4v) is 4.07. The maximum Gasteiger partial charge on any atom is 0.425 e. The minimum atomic E-state index is -4.97. The smallest absolute Gasteiger partial charge is 0.425 e. The second-order valence-electron chi connectivity index (χ2n) is 8.64. The Morgan fingerprint density at radius 2 is 1.71 bits per heavy atom. The van der Waals surface area contributed by atoms with Crippen LogP contribution in [0.1, 0.15) is 31.7 Å². The van der Waals surface area contributed by atoms with E-state index in [-0.39, 0.29) is 24.9 Å². The van der Waals surface area contributed by atoms with Crippen LogP contribution < -0.4 is 10.3 Å². The lowest BCUT2D eigenvalue weighted by molar-refractivity contribution is -0.138. The Bertz CT molecular complexity index is 1040. The molecule has 2 fully saturated rings. The van der Waals surface area contributed by atoms with Crippen LogP contribution in [-0.4, -0.2) is 84.6 Å². The highest BCUT2D eigenvalue weighted by molar-refractivity contribution is 5.95. The highest BCUT2D eigenvalue weighted by Crippen LogP contribution is 2.31. The van der Waals surface area contributed by atoms with Gasteiger partial charge in [-0.05, 0) is 19.8 Å². The molecule has 10 nitrogen and oxygen atoms in total. The number of alkyl halides is 6. The van der Waals surface area contributed by atoms with Crippen molar-refractivity contribution in [3.8, 4) is 0 Å². The molecule has 1 aromatic rings. The molecule has 1 N–H and O–H groups in total. The number of allylic oxidation sites excluding steroid dienone is 1. The first-order chi connectivity index (χ1) is 17.8. The third-order valence-corrected chi connectivity index (χ3v) is 6.01. The van der Waals surface area contributed by atoms with E-state index in [1.165, 1.54) is 0 Å². The first-order valence-electron chi connectivity index (χ1n) is 11.5. The maximum absolute atomic E-state index is 13.2. The zero-order valence-electron chi connectivity index (χ0n) is 20.3. The van der Waals surface area contributed by atoms with Gasteiger partial charge in [-0.15, -0.1) is 0 Å². The number of aromatic nitrogens is 2. The predicted molar refractivity (Wildman–Crippen MR) is 121 cm³/mol. The minimum absolute atomic E-state index is 0.0588. The van der Waals surface area contributed by atoms with Crippen molar-refractivity contribution in [2.24, 2.45) is 5.10 Å². The molecular formula is C22H26F6N6O4. The van der Waals surface area contributed by atoms with Gasteiger partial charge in [0.05, 0.1) is 24.2 Å². The number of amides is 2. The summed E-state index contributed by atoms with van der Waals surface area (Å²) in [5.74, 6) is -2.18. The molecule has 2 aliphatic rings. The van der Waals surface area contributed by atoms with Crippen LogP contribution in [0.3, 0.4) is 0 Å². The zero-order chi connectivity index (χ0) is 28.1. The van der Waals surface area contributed by atoms with Crippen LogP contribution in [0.4, 0.5) is 32.3 Å². The predicted octanol–water partition coefficient (Wildman–Crippen LogP) is 2.67. The fraction of sp³-hybridized carbons (Fsp3) is 0.591. The van der Waals surface area contributed by atoms with E-state index < -0.39 is 47.4 Å². The van der Waals surface area contributed by atoms with Gasteiger partial charge in [-0.2, -0.15) is 31.4 Å². The molecule has 3 rings (SSSR count). The van der Waals surface area contributed by atoms with Crippen molar-refractivity contribution in [3.05, 3.63) is 29.3 Å². The van der Waals surface area contributed by atoms with Gasteiger partial charge in [-0.25, -0.2) is 15.4 Å². The monoisotopic (exact) mass is 552 g/mol. The molecule has 2 saturated heterocycles. The van der Waals surface area contributed by atoms with Crippen LogP contribution in [-0.2, 0) is 25.2 Å². The second-order valence-corrected chi connectivity index (χ2v) is 8.64. The summed E-state index contributed by atoms with van der Waals surface area (Å²) in [6, 6.07) is 0. The van der Waals surface area contributed by atoms with E-state index in [1.54, 1.807) is 15.2 Å². The van der Waals surface area contributed by atoms with Crippen LogP contribution in [0.2, 0.25) is 0 Å². The Morgan fingerprint density at radius 3 is 2.26 bits per heavy atom. The molecule has 1 aromatic heterocycles. The summed E-state index contributed by atoms with van der Waals surface area (Å²) in [6.07, 6.45) is -8.08. The number of carbonyl (C=O) groups excluding carboxylic acids is 2. The van der Waals surface area contributed by atoms with Gasteiger partial charge in [0.1, 0.15) is 12.4 Å². The van der Waals surface area contributed by atoms with Crippen molar-refractivity contribution in [1.29, 1.82) is 0 Å². The topological polar surface area (TPSA) is 109 Å². The van der Waals surface area contributed by atoms with E-state index in [1.807, 2.05) is 0 Å². The molecule has 210 valence electrons. The van der Waals surface area contributed by atoms with Gasteiger partial charge >= 0.3 is 12.4 Å². The Morgan fingerprint density at radius 1 is 1.11 bits per heavy atom. The number of nitrogens with zero attached hydrogens (tertiary/aromatic N) is 5. The highest BCUT2D eigenvalue weighted by Gasteiger charge is 2.42. The van der Waals surface area contributed by atoms with E-state index in [9.17, 15) is 35.9 Å². The molecular weight excluding hydrogens is 526 g/mol. The number of anilines is 1. The van der Waals surface area contributed by atoms with Crippen LogP contribution >= 0.6 is 0 Å². The second kappa shape index (κ2) is 12.0. The van der Waals surface area contributed by atoms with Crippen molar-refractivity contribution in [1.82, 2.24) is 20.3 Å². The van der Waals surface area contributed by atoms with Crippen LogP contribution in [0.25, 0.3) is 0 Å². The van der Waals surface area contributed by atoms with E-state index >= 15 is 0 Å². The Hall–Kier alpha value is -3.43. The highest BCUT2D eigenvalue weighted by atomic mass is 19.4. The lowest BCUT2D eigenvalue weighted by Crippen LogP contribution is -2.49. The van der Waals surface area contributed by atoms with E-state index in [4.69, 9.17) is 9.47 Å². The summed E-state index contributed by atoms with van der Waals surface area (Å²) >= 11 is 0. The average molecular weight is 552 g/mol. The summed E-state index contributed by atoms with van der Waals surface area (Å²) in [4.78, 5) is 35.2. The minimum Gasteiger partial charge on any atom is -0.495 e. The van der Waals surface area contributed by atoms with Gasteiger partial charge < -0.3 is 19.3 Å². The summed E-state index contributed by atoms with van der Waals surface area (Å²) in [5, 5.41) is 2.95. The molecule has 38 heavy (non-hydrogen) atoms. The molecule has 0 saturated carbocycles. The SMILES string of the molecule is C=NNC(=O)/C(=C(\C)OC[C@H]1CC[C@H](CC(=O)N2CCN(c3ncc(C(F)(F)F)cn3)CC2)O1)C(F)(F)F. The van der Waals surface area contributed by atoms with Crippen LogP contribution in [0.5, 0.6) is 0 Å². The molecule has 0 unspecified atom stereocenters. The number of hydrazone groups is 1. The Kier molecular flexibility index (Phi) is 9.17. The van der Waals surface area contributed by atoms with Gasteiger partial charge in [0.15, 0.2) is 5.57 Å². The molecule has 0 bridgehead atoms. The molecule has 0 aromatic carbocycles. The first-order valence-corrected chi connectivity index (χ1v) is 11.5. The average Bonchev–Trinajstić information content (AvgIpc) is 3.29. The molecule has 16 heteroatoms. The number of nitrogens with one attached hydrogen (secondary N) is 1. The molecule has 3 heterocycles. The third-order valence-electron chi connectivity index (χ3n) is 6.01. The molecule has 2 amide bonds. The fourth-order valence-electron chi connectivity index (χ4n) is 4.07. The Labute approximate surface area is 213 Å². The van der Waals surface area contributed by atoms with Gasteiger partial charge in [-0.1, -0.05) is 0 Å². The number of halogens is 6. The van der Waals surface area contributed by atoms with Crippen molar-refractivity contribution >= 4 is 24.5 Å². The maximum atomic E-state index is 13.2. The van der Waals surface area contributed by atoms with Gasteiger partial charge in [0, 0.05) is 45.3 Å². The largest absolute Gasteiger partial charge is 0.495 e. The normalized spacial score (nSPS) is 21.1. The number of hydrogen-bond acceptors (Lipinski definition) is 8. The third kappa shape index (κ3) is 7.55. The molecule has 0 aliphatic carbocycles.